The number of carbonyl (C=O) groups excluding carboxylic acids is 1. The standard InChI is InChI=1S/C34H35N5O/c1-24-7-2-3-8-28(24)22-36-33-20-31(34(40)39-18-6-9-29(39)23-38-16-4-5-17-38)30-19-27(14-15-32(30)37-33)26-12-10-25(21-35)11-13-26/h2-3,7-8,10-15,19-20,29H,4-6,9,16-18,22-23H2,1H3,(H,36,37)/t29-/m0/s1. The Morgan fingerprint density at radius 1 is 0.975 bits per heavy atom. The summed E-state index contributed by atoms with van der Waals surface area (Å²) in [5.41, 5.74) is 6.56. The average Bonchev–Trinajstić information content (AvgIpc) is 3.68. The van der Waals surface area contributed by atoms with Gasteiger partial charge in [0.15, 0.2) is 0 Å². The molecular weight excluding hydrogens is 494 g/mol. The third-order valence-electron chi connectivity index (χ3n) is 8.41. The van der Waals surface area contributed by atoms with Crippen molar-refractivity contribution in [2.24, 2.45) is 0 Å². The van der Waals surface area contributed by atoms with Gasteiger partial charge in [0, 0.05) is 31.1 Å². The van der Waals surface area contributed by atoms with Crippen LogP contribution in [-0.4, -0.2) is 52.9 Å². The number of pyridine rings is 1. The van der Waals surface area contributed by atoms with Crippen LogP contribution in [0.2, 0.25) is 0 Å². The number of hydrogen-bond donors (Lipinski definition) is 1. The molecule has 202 valence electrons. The second-order valence-electron chi connectivity index (χ2n) is 11.1. The minimum absolute atomic E-state index is 0.0880. The Bertz CT molecular complexity index is 1570. The Hall–Kier alpha value is -4.21. The summed E-state index contributed by atoms with van der Waals surface area (Å²) in [7, 11) is 0. The van der Waals surface area contributed by atoms with Crippen LogP contribution in [0.1, 0.15) is 52.7 Å². The summed E-state index contributed by atoms with van der Waals surface area (Å²) in [6.07, 6.45) is 4.61. The number of carbonyl (C=O) groups is 1. The molecular formula is C34H35N5O. The van der Waals surface area contributed by atoms with Gasteiger partial charge in [-0.1, -0.05) is 42.5 Å². The number of aryl methyl sites for hydroxylation is 1. The summed E-state index contributed by atoms with van der Waals surface area (Å²) < 4.78 is 0. The number of fused-ring (bicyclic) bond motifs is 1. The van der Waals surface area contributed by atoms with Crippen LogP contribution in [-0.2, 0) is 6.54 Å². The lowest BCUT2D eigenvalue weighted by atomic mass is 9.99. The van der Waals surface area contributed by atoms with Crippen LogP contribution in [0.4, 0.5) is 5.82 Å². The fourth-order valence-electron chi connectivity index (χ4n) is 6.12. The summed E-state index contributed by atoms with van der Waals surface area (Å²) in [5.74, 6) is 0.797. The lowest BCUT2D eigenvalue weighted by Gasteiger charge is -2.29. The van der Waals surface area contributed by atoms with E-state index >= 15 is 0 Å². The molecule has 3 aromatic carbocycles. The number of hydrogen-bond acceptors (Lipinski definition) is 5. The number of aromatic nitrogens is 1. The predicted molar refractivity (Wildman–Crippen MR) is 160 cm³/mol. The molecule has 1 atom stereocenters. The predicted octanol–water partition coefficient (Wildman–Crippen LogP) is 6.39. The molecule has 0 radical (unpaired) electrons. The maximum atomic E-state index is 14.3. The Labute approximate surface area is 236 Å². The van der Waals surface area contributed by atoms with Gasteiger partial charge in [0.05, 0.1) is 22.7 Å². The molecule has 0 bridgehead atoms. The van der Waals surface area contributed by atoms with Gasteiger partial charge in [-0.05, 0) is 98.3 Å². The van der Waals surface area contributed by atoms with Crippen LogP contribution in [0.5, 0.6) is 0 Å². The molecule has 6 heteroatoms. The molecule has 3 heterocycles. The van der Waals surface area contributed by atoms with Gasteiger partial charge in [-0.3, -0.25) is 4.79 Å². The van der Waals surface area contributed by atoms with Crippen molar-refractivity contribution in [3.8, 4) is 17.2 Å². The van der Waals surface area contributed by atoms with Gasteiger partial charge in [-0.15, -0.1) is 0 Å². The van der Waals surface area contributed by atoms with E-state index in [0.717, 1.165) is 61.1 Å². The molecule has 2 aliphatic heterocycles. The third-order valence-corrected chi connectivity index (χ3v) is 8.41. The molecule has 6 nitrogen and oxygen atoms in total. The van der Waals surface area contributed by atoms with Crippen molar-refractivity contribution in [3.05, 3.63) is 95.1 Å². The van der Waals surface area contributed by atoms with E-state index in [4.69, 9.17) is 4.98 Å². The fraction of sp³-hybridized carbons (Fsp3) is 0.324. The summed E-state index contributed by atoms with van der Waals surface area (Å²) in [4.78, 5) is 23.8. The Morgan fingerprint density at radius 2 is 1.75 bits per heavy atom. The van der Waals surface area contributed by atoms with Crippen LogP contribution >= 0.6 is 0 Å². The highest BCUT2D eigenvalue weighted by Gasteiger charge is 2.32. The van der Waals surface area contributed by atoms with E-state index in [1.165, 1.54) is 24.0 Å². The van der Waals surface area contributed by atoms with Crippen LogP contribution < -0.4 is 5.32 Å². The minimum atomic E-state index is 0.0880. The second-order valence-corrected chi connectivity index (χ2v) is 11.1. The molecule has 2 fully saturated rings. The first-order chi connectivity index (χ1) is 19.6. The van der Waals surface area contributed by atoms with Gasteiger partial charge in [0.25, 0.3) is 5.91 Å². The zero-order valence-corrected chi connectivity index (χ0v) is 23.1. The largest absolute Gasteiger partial charge is 0.366 e. The SMILES string of the molecule is Cc1ccccc1CNc1cc(C(=O)N2CCC[C@H]2CN2CCCC2)c2cc(-c3ccc(C#N)cc3)ccc2n1. The van der Waals surface area contributed by atoms with Crippen molar-refractivity contribution in [1.82, 2.24) is 14.8 Å². The highest BCUT2D eigenvalue weighted by molar-refractivity contribution is 6.08. The van der Waals surface area contributed by atoms with Crippen LogP contribution in [0.25, 0.3) is 22.0 Å². The molecule has 0 spiro atoms. The van der Waals surface area contributed by atoms with Crippen molar-refractivity contribution in [3.63, 3.8) is 0 Å². The van der Waals surface area contributed by atoms with Gasteiger partial charge >= 0.3 is 0 Å². The number of rotatable bonds is 7. The molecule has 2 saturated heterocycles. The zero-order valence-electron chi connectivity index (χ0n) is 23.1. The molecule has 0 aliphatic carbocycles. The molecule has 1 amide bonds. The molecule has 4 aromatic rings. The minimum Gasteiger partial charge on any atom is -0.366 e. The maximum Gasteiger partial charge on any atom is 0.254 e. The third kappa shape index (κ3) is 5.43. The zero-order chi connectivity index (χ0) is 27.5. The van der Waals surface area contributed by atoms with E-state index in [1.807, 2.05) is 54.6 Å². The highest BCUT2D eigenvalue weighted by Crippen LogP contribution is 2.31. The van der Waals surface area contributed by atoms with Crippen LogP contribution in [0.3, 0.4) is 0 Å². The average molecular weight is 530 g/mol. The summed E-state index contributed by atoms with van der Waals surface area (Å²) in [5, 5.41) is 13.6. The van der Waals surface area contributed by atoms with Crippen LogP contribution in [0, 0.1) is 18.3 Å². The second kappa shape index (κ2) is 11.5. The maximum absolute atomic E-state index is 14.3. The fourth-order valence-corrected chi connectivity index (χ4v) is 6.12. The molecule has 6 rings (SSSR count). The van der Waals surface area contributed by atoms with Crippen LogP contribution in [0.15, 0.2) is 72.8 Å². The van der Waals surface area contributed by atoms with Crippen molar-refractivity contribution in [2.45, 2.75) is 45.2 Å². The van der Waals surface area contributed by atoms with E-state index in [1.54, 1.807) is 0 Å². The monoisotopic (exact) mass is 529 g/mol. The van der Waals surface area contributed by atoms with Gasteiger partial charge in [0.1, 0.15) is 5.82 Å². The van der Waals surface area contributed by atoms with Gasteiger partial charge in [-0.2, -0.15) is 5.26 Å². The first-order valence-corrected chi connectivity index (χ1v) is 14.4. The van der Waals surface area contributed by atoms with Gasteiger partial charge in [0.2, 0.25) is 0 Å². The highest BCUT2D eigenvalue weighted by atomic mass is 16.2. The topological polar surface area (TPSA) is 72.3 Å². The molecule has 0 saturated carbocycles. The number of nitrogens with zero attached hydrogens (tertiary/aromatic N) is 4. The summed E-state index contributed by atoms with van der Waals surface area (Å²) in [6.45, 7) is 6.78. The first-order valence-electron chi connectivity index (χ1n) is 14.4. The Morgan fingerprint density at radius 3 is 2.52 bits per heavy atom. The smallest absolute Gasteiger partial charge is 0.254 e. The molecule has 1 aromatic heterocycles. The first kappa shape index (κ1) is 26.0. The number of benzene rings is 3. The van der Waals surface area contributed by atoms with Crippen molar-refractivity contribution >= 4 is 22.6 Å². The number of nitriles is 1. The Kier molecular flexibility index (Phi) is 7.48. The molecule has 2 aliphatic rings. The van der Waals surface area contributed by atoms with E-state index in [2.05, 4.69) is 46.3 Å². The van der Waals surface area contributed by atoms with E-state index < -0.39 is 0 Å². The van der Waals surface area contributed by atoms with Gasteiger partial charge < -0.3 is 15.1 Å². The van der Waals surface area contributed by atoms with E-state index in [-0.39, 0.29) is 11.9 Å². The number of anilines is 1. The lowest BCUT2D eigenvalue weighted by Crippen LogP contribution is -2.42. The van der Waals surface area contributed by atoms with E-state index in [0.29, 0.717) is 23.5 Å². The lowest BCUT2D eigenvalue weighted by molar-refractivity contribution is 0.0710. The van der Waals surface area contributed by atoms with Gasteiger partial charge in [-0.25, -0.2) is 4.98 Å². The summed E-state index contributed by atoms with van der Waals surface area (Å²) >= 11 is 0. The van der Waals surface area contributed by atoms with E-state index in [9.17, 15) is 10.1 Å². The number of likely N-dealkylation sites (tertiary alicyclic amines) is 2. The molecule has 40 heavy (non-hydrogen) atoms. The normalized spacial score (nSPS) is 17.3. The Balaban J connectivity index is 1.37. The quantitative estimate of drug-likeness (QED) is 0.300. The number of nitrogens with one attached hydrogen (secondary N) is 1. The molecule has 1 N–H and O–H groups in total. The van der Waals surface area contributed by atoms with Crippen molar-refractivity contribution < 1.29 is 4.79 Å². The molecule has 0 unspecified atom stereocenters. The van der Waals surface area contributed by atoms with Crippen molar-refractivity contribution in [1.29, 1.82) is 5.26 Å². The number of amides is 1. The summed E-state index contributed by atoms with van der Waals surface area (Å²) in [6, 6.07) is 26.4. The van der Waals surface area contributed by atoms with Crippen molar-refractivity contribution in [2.75, 3.05) is 31.5 Å².